The van der Waals surface area contributed by atoms with E-state index in [1.54, 1.807) is 0 Å². The maximum atomic E-state index is 5.69. The molecule has 4 heteroatoms. The van der Waals surface area contributed by atoms with E-state index in [-0.39, 0.29) is 12.2 Å². The van der Waals surface area contributed by atoms with Gasteiger partial charge in [-0.2, -0.15) is 0 Å². The number of rotatable bonds is 10. The number of aryl methyl sites for hydroxylation is 1. The molecule has 0 atom stereocenters. The largest absolute Gasteiger partial charge is 0.491 e. The minimum absolute atomic E-state index is 0.228. The van der Waals surface area contributed by atoms with Gasteiger partial charge in [0, 0.05) is 6.07 Å². The van der Waals surface area contributed by atoms with Gasteiger partial charge in [-0.15, -0.1) is 0 Å². The molecule has 1 rings (SSSR count). The Morgan fingerprint density at radius 3 is 1.52 bits per heavy atom. The summed E-state index contributed by atoms with van der Waals surface area (Å²) in [5.74, 6) is 1.62. The fourth-order valence-electron chi connectivity index (χ4n) is 1.77. The monoisotopic (exact) mass is 296 g/mol. The molecule has 4 nitrogen and oxygen atoms in total. The van der Waals surface area contributed by atoms with Crippen molar-refractivity contribution in [2.24, 2.45) is 0 Å². The Kier molecular flexibility index (Phi) is 8.16. The number of ether oxygens (including phenoxy) is 4. The molecule has 0 saturated carbocycles. The van der Waals surface area contributed by atoms with Gasteiger partial charge in [-0.05, 0) is 52.3 Å². The summed E-state index contributed by atoms with van der Waals surface area (Å²) in [7, 11) is 0. The van der Waals surface area contributed by atoms with Gasteiger partial charge < -0.3 is 18.9 Å². The quantitative estimate of drug-likeness (QED) is 0.618. The smallest absolute Gasteiger partial charge is 0.123 e. The second kappa shape index (κ2) is 9.64. The van der Waals surface area contributed by atoms with Gasteiger partial charge in [-0.1, -0.05) is 0 Å². The van der Waals surface area contributed by atoms with Crippen LogP contribution in [0.15, 0.2) is 18.2 Å². The highest BCUT2D eigenvalue weighted by atomic mass is 16.5. The zero-order valence-electron chi connectivity index (χ0n) is 13.8. The first-order valence-corrected chi connectivity index (χ1v) is 7.58. The second-order valence-electron chi connectivity index (χ2n) is 5.52. The minimum Gasteiger partial charge on any atom is -0.491 e. The summed E-state index contributed by atoms with van der Waals surface area (Å²) in [6, 6.07) is 5.89. The van der Waals surface area contributed by atoms with Crippen molar-refractivity contribution in [2.75, 3.05) is 26.4 Å². The van der Waals surface area contributed by atoms with Crippen molar-refractivity contribution in [3.05, 3.63) is 23.8 Å². The molecule has 1 aromatic carbocycles. The molecule has 0 aliphatic carbocycles. The molecule has 120 valence electrons. The molecule has 0 saturated heterocycles. The van der Waals surface area contributed by atoms with Crippen LogP contribution in [0.5, 0.6) is 11.5 Å². The first kappa shape index (κ1) is 17.8. The van der Waals surface area contributed by atoms with Crippen LogP contribution < -0.4 is 9.47 Å². The molecule has 1 aromatic rings. The maximum Gasteiger partial charge on any atom is 0.123 e. The lowest BCUT2D eigenvalue weighted by Crippen LogP contribution is -2.12. The standard InChI is InChI=1S/C17H28O4/c1-13(2)18-6-8-20-16-10-15(5)11-17(12-16)21-9-7-19-14(3)4/h10-14H,6-9H2,1-5H3. The maximum absolute atomic E-state index is 5.69. The Morgan fingerprint density at radius 1 is 0.714 bits per heavy atom. The van der Waals surface area contributed by atoms with Gasteiger partial charge in [0.05, 0.1) is 25.4 Å². The molecule has 0 radical (unpaired) electrons. The highest BCUT2D eigenvalue weighted by Crippen LogP contribution is 2.22. The van der Waals surface area contributed by atoms with Crippen molar-refractivity contribution in [1.82, 2.24) is 0 Å². The van der Waals surface area contributed by atoms with Crippen LogP contribution in [0.2, 0.25) is 0 Å². The Hall–Kier alpha value is -1.26. The predicted octanol–water partition coefficient (Wildman–Crippen LogP) is 3.60. The predicted molar refractivity (Wildman–Crippen MR) is 84.3 cm³/mol. The average molecular weight is 296 g/mol. The molecule has 0 unspecified atom stereocenters. The van der Waals surface area contributed by atoms with Gasteiger partial charge >= 0.3 is 0 Å². The van der Waals surface area contributed by atoms with Crippen LogP contribution in [0.4, 0.5) is 0 Å². The van der Waals surface area contributed by atoms with E-state index in [2.05, 4.69) is 0 Å². The van der Waals surface area contributed by atoms with E-state index < -0.39 is 0 Å². The first-order valence-electron chi connectivity index (χ1n) is 7.58. The Bertz CT molecular complexity index is 368. The van der Waals surface area contributed by atoms with Crippen molar-refractivity contribution < 1.29 is 18.9 Å². The molecule has 0 heterocycles. The average Bonchev–Trinajstić information content (AvgIpc) is 2.39. The van der Waals surface area contributed by atoms with Crippen LogP contribution in [-0.2, 0) is 9.47 Å². The molecule has 0 aromatic heterocycles. The van der Waals surface area contributed by atoms with E-state index in [0.717, 1.165) is 17.1 Å². The highest BCUT2D eigenvalue weighted by Gasteiger charge is 2.02. The fourth-order valence-corrected chi connectivity index (χ4v) is 1.77. The van der Waals surface area contributed by atoms with Gasteiger partial charge in [0.1, 0.15) is 24.7 Å². The van der Waals surface area contributed by atoms with E-state index >= 15 is 0 Å². The molecule has 0 fully saturated rings. The van der Waals surface area contributed by atoms with Gasteiger partial charge in [-0.3, -0.25) is 0 Å². The van der Waals surface area contributed by atoms with Crippen LogP contribution in [0.25, 0.3) is 0 Å². The molecular formula is C17H28O4. The van der Waals surface area contributed by atoms with Crippen molar-refractivity contribution in [3.8, 4) is 11.5 Å². The minimum atomic E-state index is 0.228. The third-order valence-electron chi connectivity index (χ3n) is 2.63. The molecule has 0 bridgehead atoms. The highest BCUT2D eigenvalue weighted by molar-refractivity contribution is 5.37. The summed E-state index contributed by atoms with van der Waals surface area (Å²) < 4.78 is 22.3. The number of hydrogen-bond donors (Lipinski definition) is 0. The Labute approximate surface area is 128 Å². The van der Waals surface area contributed by atoms with Crippen LogP contribution in [0, 0.1) is 6.92 Å². The molecule has 0 aliphatic rings. The van der Waals surface area contributed by atoms with E-state index in [1.807, 2.05) is 52.8 Å². The SMILES string of the molecule is Cc1cc(OCCOC(C)C)cc(OCCOC(C)C)c1. The summed E-state index contributed by atoms with van der Waals surface area (Å²) in [5.41, 5.74) is 1.11. The van der Waals surface area contributed by atoms with Gasteiger partial charge in [0.15, 0.2) is 0 Å². The number of benzene rings is 1. The summed E-state index contributed by atoms with van der Waals surface area (Å²) in [6.07, 6.45) is 0.455. The summed E-state index contributed by atoms with van der Waals surface area (Å²) in [4.78, 5) is 0. The van der Waals surface area contributed by atoms with Crippen LogP contribution in [0.1, 0.15) is 33.3 Å². The Balaban J connectivity index is 2.39. The molecular weight excluding hydrogens is 268 g/mol. The molecule has 0 N–H and O–H groups in total. The molecule has 0 spiro atoms. The molecule has 0 aliphatic heterocycles. The zero-order valence-corrected chi connectivity index (χ0v) is 13.8. The van der Waals surface area contributed by atoms with Crippen molar-refractivity contribution in [3.63, 3.8) is 0 Å². The topological polar surface area (TPSA) is 36.9 Å². The summed E-state index contributed by atoms with van der Waals surface area (Å²) >= 11 is 0. The normalized spacial score (nSPS) is 11.2. The first-order chi connectivity index (χ1) is 9.97. The van der Waals surface area contributed by atoms with E-state index in [1.165, 1.54) is 0 Å². The van der Waals surface area contributed by atoms with Crippen LogP contribution in [-0.4, -0.2) is 38.6 Å². The van der Waals surface area contributed by atoms with Gasteiger partial charge in [0.2, 0.25) is 0 Å². The third-order valence-corrected chi connectivity index (χ3v) is 2.63. The lowest BCUT2D eigenvalue weighted by Gasteiger charge is -2.13. The van der Waals surface area contributed by atoms with Crippen molar-refractivity contribution in [2.45, 2.75) is 46.8 Å². The van der Waals surface area contributed by atoms with Crippen LogP contribution in [0.3, 0.4) is 0 Å². The summed E-state index contributed by atoms with van der Waals surface area (Å²) in [5, 5.41) is 0. The van der Waals surface area contributed by atoms with E-state index in [4.69, 9.17) is 18.9 Å². The van der Waals surface area contributed by atoms with E-state index in [9.17, 15) is 0 Å². The molecule has 21 heavy (non-hydrogen) atoms. The summed E-state index contributed by atoms with van der Waals surface area (Å²) in [6.45, 7) is 12.3. The fraction of sp³-hybridized carbons (Fsp3) is 0.647. The molecule has 0 amide bonds. The lowest BCUT2D eigenvalue weighted by atomic mass is 10.2. The Morgan fingerprint density at radius 2 is 1.14 bits per heavy atom. The number of hydrogen-bond acceptors (Lipinski definition) is 4. The third kappa shape index (κ3) is 8.58. The van der Waals surface area contributed by atoms with Crippen molar-refractivity contribution >= 4 is 0 Å². The lowest BCUT2D eigenvalue weighted by molar-refractivity contribution is 0.0537. The van der Waals surface area contributed by atoms with E-state index in [0.29, 0.717) is 26.4 Å². The van der Waals surface area contributed by atoms with Crippen LogP contribution >= 0.6 is 0 Å². The van der Waals surface area contributed by atoms with Gasteiger partial charge in [-0.25, -0.2) is 0 Å². The second-order valence-corrected chi connectivity index (χ2v) is 5.52. The van der Waals surface area contributed by atoms with Gasteiger partial charge in [0.25, 0.3) is 0 Å². The van der Waals surface area contributed by atoms with Crippen molar-refractivity contribution in [1.29, 1.82) is 0 Å². The zero-order chi connectivity index (χ0) is 15.7.